The average Bonchev–Trinajstić information content (AvgIpc) is 2.82. The molecule has 140 valence electrons. The second kappa shape index (κ2) is 9.40. The smallest absolute Gasteiger partial charge is 0.303 e. The number of aliphatic hydroxyl groups excluding tert-OH is 1. The van der Waals surface area contributed by atoms with E-state index in [9.17, 15) is 14.7 Å². The first-order valence-corrected chi connectivity index (χ1v) is 9.38. The third kappa shape index (κ3) is 5.47. The highest BCUT2D eigenvalue weighted by Crippen LogP contribution is 2.48. The first-order chi connectivity index (χ1) is 11.3. The number of carbonyl (C=O) groups excluding carboxylic acids is 1. The van der Waals surface area contributed by atoms with Gasteiger partial charge in [0.2, 0.25) is 5.91 Å². The highest BCUT2D eigenvalue weighted by Gasteiger charge is 2.51. The summed E-state index contributed by atoms with van der Waals surface area (Å²) in [5.41, 5.74) is -0.219. The highest BCUT2D eigenvalue weighted by molar-refractivity contribution is 5.76. The van der Waals surface area contributed by atoms with E-state index in [1.54, 1.807) is 0 Å². The first kappa shape index (κ1) is 20.9. The van der Waals surface area contributed by atoms with Crippen LogP contribution < -0.4 is 0 Å². The van der Waals surface area contributed by atoms with Gasteiger partial charge in [0.15, 0.2) is 0 Å². The van der Waals surface area contributed by atoms with E-state index in [0.29, 0.717) is 13.0 Å². The highest BCUT2D eigenvalue weighted by atomic mass is 16.4. The fourth-order valence-electron chi connectivity index (χ4n) is 3.65. The van der Waals surface area contributed by atoms with Crippen molar-refractivity contribution in [2.75, 3.05) is 19.7 Å². The standard InChI is InChI=1S/C19H35NO4/c1-4-18(2)13-20(14-19(18,3)15-21)16(22)11-9-7-5-6-8-10-12-17(23)24/h21H,4-15H2,1-3H3,(H,23,24). The van der Waals surface area contributed by atoms with E-state index in [0.717, 1.165) is 51.5 Å². The number of hydrogen-bond donors (Lipinski definition) is 2. The monoisotopic (exact) mass is 341 g/mol. The molecule has 0 bridgehead atoms. The number of likely N-dealkylation sites (tertiary alicyclic amines) is 1. The number of unbranched alkanes of at least 4 members (excludes halogenated alkanes) is 5. The number of carbonyl (C=O) groups is 2. The molecule has 2 atom stereocenters. The quantitative estimate of drug-likeness (QED) is 0.564. The predicted molar refractivity (Wildman–Crippen MR) is 94.7 cm³/mol. The van der Waals surface area contributed by atoms with Gasteiger partial charge in [-0.2, -0.15) is 0 Å². The molecule has 1 aliphatic heterocycles. The van der Waals surface area contributed by atoms with E-state index in [1.165, 1.54) is 0 Å². The zero-order valence-corrected chi connectivity index (χ0v) is 15.6. The van der Waals surface area contributed by atoms with Gasteiger partial charge < -0.3 is 15.1 Å². The molecule has 1 aliphatic rings. The van der Waals surface area contributed by atoms with Crippen molar-refractivity contribution in [3.63, 3.8) is 0 Å². The first-order valence-electron chi connectivity index (χ1n) is 9.38. The second-order valence-corrected chi connectivity index (χ2v) is 7.90. The van der Waals surface area contributed by atoms with E-state index >= 15 is 0 Å². The van der Waals surface area contributed by atoms with Crippen LogP contribution in [-0.4, -0.2) is 46.7 Å². The summed E-state index contributed by atoms with van der Waals surface area (Å²) >= 11 is 0. The van der Waals surface area contributed by atoms with Crippen LogP contribution >= 0.6 is 0 Å². The Labute approximate surface area is 146 Å². The summed E-state index contributed by atoms with van der Waals surface area (Å²) in [4.78, 5) is 24.8. The van der Waals surface area contributed by atoms with Crippen LogP contribution in [0.1, 0.15) is 78.6 Å². The van der Waals surface area contributed by atoms with Gasteiger partial charge in [0.1, 0.15) is 0 Å². The zero-order chi connectivity index (χ0) is 18.2. The van der Waals surface area contributed by atoms with Crippen LogP contribution in [0.2, 0.25) is 0 Å². The average molecular weight is 341 g/mol. The third-order valence-electron chi connectivity index (χ3n) is 6.05. The van der Waals surface area contributed by atoms with Crippen LogP contribution in [0.5, 0.6) is 0 Å². The molecule has 0 spiro atoms. The summed E-state index contributed by atoms with van der Waals surface area (Å²) in [6, 6.07) is 0. The molecule has 0 aromatic carbocycles. The second-order valence-electron chi connectivity index (χ2n) is 7.90. The maximum atomic E-state index is 12.4. The van der Waals surface area contributed by atoms with E-state index in [1.807, 2.05) is 4.90 Å². The summed E-state index contributed by atoms with van der Waals surface area (Å²) in [6.07, 6.45) is 7.53. The number of carboxylic acids is 1. The van der Waals surface area contributed by atoms with E-state index in [-0.39, 0.29) is 29.8 Å². The van der Waals surface area contributed by atoms with Crippen LogP contribution in [-0.2, 0) is 9.59 Å². The molecular weight excluding hydrogens is 306 g/mol. The van der Waals surface area contributed by atoms with Gasteiger partial charge in [-0.1, -0.05) is 46.5 Å². The molecular formula is C19H35NO4. The maximum absolute atomic E-state index is 12.4. The SMILES string of the molecule is CCC1(C)CN(C(=O)CCCCCCCCC(=O)O)CC1(C)CO. The minimum atomic E-state index is -0.722. The van der Waals surface area contributed by atoms with Crippen LogP contribution in [0, 0.1) is 10.8 Å². The molecule has 1 heterocycles. The van der Waals surface area contributed by atoms with E-state index in [4.69, 9.17) is 5.11 Å². The summed E-state index contributed by atoms with van der Waals surface area (Å²) < 4.78 is 0. The zero-order valence-electron chi connectivity index (χ0n) is 15.6. The molecule has 2 N–H and O–H groups in total. The minimum absolute atomic E-state index is 0.0124. The molecule has 0 aromatic heterocycles. The molecule has 1 fully saturated rings. The van der Waals surface area contributed by atoms with Crippen molar-refractivity contribution < 1.29 is 19.8 Å². The molecule has 0 radical (unpaired) electrons. The van der Waals surface area contributed by atoms with Crippen molar-refractivity contribution in [1.29, 1.82) is 0 Å². The van der Waals surface area contributed by atoms with Crippen molar-refractivity contribution in [1.82, 2.24) is 4.90 Å². The normalized spacial score (nSPS) is 26.8. The number of nitrogens with zero attached hydrogens (tertiary/aromatic N) is 1. The molecule has 5 heteroatoms. The van der Waals surface area contributed by atoms with Crippen molar-refractivity contribution in [3.05, 3.63) is 0 Å². The summed E-state index contributed by atoms with van der Waals surface area (Å²) in [5, 5.41) is 18.3. The fraction of sp³-hybridized carbons (Fsp3) is 0.895. The van der Waals surface area contributed by atoms with Crippen LogP contribution in [0.15, 0.2) is 0 Å². The number of rotatable bonds is 11. The topological polar surface area (TPSA) is 77.8 Å². The molecule has 0 saturated carbocycles. The van der Waals surface area contributed by atoms with Gasteiger partial charge in [-0.15, -0.1) is 0 Å². The molecule has 0 aliphatic carbocycles. The summed E-state index contributed by atoms with van der Waals surface area (Å²) in [7, 11) is 0. The Hall–Kier alpha value is -1.10. The van der Waals surface area contributed by atoms with Gasteiger partial charge in [-0.25, -0.2) is 0 Å². The van der Waals surface area contributed by atoms with Gasteiger partial charge >= 0.3 is 5.97 Å². The maximum Gasteiger partial charge on any atom is 0.303 e. The number of aliphatic carboxylic acids is 1. The largest absolute Gasteiger partial charge is 0.481 e. The Morgan fingerprint density at radius 2 is 1.42 bits per heavy atom. The number of aliphatic hydroxyl groups is 1. The van der Waals surface area contributed by atoms with Gasteiger partial charge in [-0.3, -0.25) is 9.59 Å². The number of hydrogen-bond acceptors (Lipinski definition) is 3. The number of carboxylic acid groups (broad SMARTS) is 1. The molecule has 1 amide bonds. The lowest BCUT2D eigenvalue weighted by molar-refractivity contribution is -0.137. The molecule has 2 unspecified atom stereocenters. The summed E-state index contributed by atoms with van der Waals surface area (Å²) in [5.74, 6) is -0.516. The van der Waals surface area contributed by atoms with Crippen molar-refractivity contribution >= 4 is 11.9 Å². The van der Waals surface area contributed by atoms with Gasteiger partial charge in [0, 0.05) is 31.3 Å². The fourth-order valence-corrected chi connectivity index (χ4v) is 3.65. The molecule has 1 rings (SSSR count). The molecule has 5 nitrogen and oxygen atoms in total. The van der Waals surface area contributed by atoms with Crippen LogP contribution in [0.25, 0.3) is 0 Å². The van der Waals surface area contributed by atoms with E-state index in [2.05, 4.69) is 20.8 Å². The lowest BCUT2D eigenvalue weighted by atomic mass is 9.67. The van der Waals surface area contributed by atoms with Crippen molar-refractivity contribution in [2.45, 2.75) is 78.6 Å². The lowest BCUT2D eigenvalue weighted by Crippen LogP contribution is -2.38. The van der Waals surface area contributed by atoms with Gasteiger partial charge in [0.25, 0.3) is 0 Å². The van der Waals surface area contributed by atoms with Crippen LogP contribution in [0.4, 0.5) is 0 Å². The third-order valence-corrected chi connectivity index (χ3v) is 6.05. The van der Waals surface area contributed by atoms with Gasteiger partial charge in [-0.05, 0) is 24.7 Å². The predicted octanol–water partition coefficient (Wildman–Crippen LogP) is 3.45. The molecule has 0 aromatic rings. The Kier molecular flexibility index (Phi) is 8.20. The molecule has 24 heavy (non-hydrogen) atoms. The lowest BCUT2D eigenvalue weighted by Gasteiger charge is -2.37. The Morgan fingerprint density at radius 3 is 1.88 bits per heavy atom. The Bertz CT molecular complexity index is 408. The van der Waals surface area contributed by atoms with E-state index < -0.39 is 5.97 Å². The van der Waals surface area contributed by atoms with Gasteiger partial charge in [0.05, 0.1) is 6.61 Å². The number of amides is 1. The molecule has 1 saturated heterocycles. The van der Waals surface area contributed by atoms with Crippen molar-refractivity contribution in [2.24, 2.45) is 10.8 Å². The van der Waals surface area contributed by atoms with Crippen molar-refractivity contribution in [3.8, 4) is 0 Å². The van der Waals surface area contributed by atoms with Crippen LogP contribution in [0.3, 0.4) is 0 Å². The Balaban J connectivity index is 2.24. The summed E-state index contributed by atoms with van der Waals surface area (Å²) in [6.45, 7) is 7.91. The Morgan fingerprint density at radius 1 is 0.917 bits per heavy atom. The minimum Gasteiger partial charge on any atom is -0.481 e.